The molecule has 1 aliphatic rings. The Morgan fingerprint density at radius 1 is 1.40 bits per heavy atom. The number of nitrogens with zero attached hydrogens (tertiary/aromatic N) is 3. The summed E-state index contributed by atoms with van der Waals surface area (Å²) in [7, 11) is 1.32. The van der Waals surface area contributed by atoms with E-state index in [1.165, 1.54) is 44.5 Å². The van der Waals surface area contributed by atoms with Crippen molar-refractivity contribution >= 4 is 28.4 Å². The predicted molar refractivity (Wildman–Crippen MR) is 91.3 cm³/mol. The van der Waals surface area contributed by atoms with Crippen LogP contribution in [0.15, 0.2) is 36.7 Å². The minimum atomic E-state index is -0.474. The Bertz CT molecular complexity index is 949. The number of fused-ring (bicyclic) bond motifs is 1. The van der Waals surface area contributed by atoms with Gasteiger partial charge in [-0.25, -0.2) is 9.18 Å². The molecule has 0 radical (unpaired) electrons. The summed E-state index contributed by atoms with van der Waals surface area (Å²) < 4.78 is 20.4. The molecule has 0 bridgehead atoms. The molecule has 0 amide bonds. The molecule has 1 aromatic carbocycles. The molecule has 0 spiro atoms. The summed E-state index contributed by atoms with van der Waals surface area (Å²) >= 11 is 0. The van der Waals surface area contributed by atoms with Crippen molar-refractivity contribution < 1.29 is 13.9 Å². The molecule has 0 aliphatic heterocycles. The maximum Gasteiger partial charge on any atom is 0.340 e. The number of benzene rings is 1. The van der Waals surface area contributed by atoms with E-state index in [9.17, 15) is 9.18 Å². The molecule has 6 nitrogen and oxygen atoms in total. The number of ether oxygens (including phenoxy) is 1. The molecular weight excluding hydrogens is 323 g/mol. The molecule has 1 saturated carbocycles. The zero-order chi connectivity index (χ0) is 17.4. The lowest BCUT2D eigenvalue weighted by molar-refractivity contribution is 0.0602. The largest absolute Gasteiger partial charge is 0.465 e. The zero-order valence-corrected chi connectivity index (χ0v) is 13.7. The van der Waals surface area contributed by atoms with Gasteiger partial charge in [-0.2, -0.15) is 5.10 Å². The Balaban J connectivity index is 1.77. The second-order valence-electron chi connectivity index (χ2n) is 6.17. The van der Waals surface area contributed by atoms with Gasteiger partial charge in [0.15, 0.2) is 5.82 Å². The third kappa shape index (κ3) is 3.05. The molecule has 1 N–H and O–H groups in total. The summed E-state index contributed by atoms with van der Waals surface area (Å²) in [6.07, 6.45) is 5.43. The number of anilines is 2. The van der Waals surface area contributed by atoms with Crippen molar-refractivity contribution in [1.82, 2.24) is 14.8 Å². The highest BCUT2D eigenvalue weighted by molar-refractivity contribution is 5.98. The SMILES string of the molecule is COC(=O)c1ccncc1Nc1nn(CC2CC2)c2ccc(F)cc12. The lowest BCUT2D eigenvalue weighted by Crippen LogP contribution is -2.07. The Kier molecular flexibility index (Phi) is 3.83. The van der Waals surface area contributed by atoms with Gasteiger partial charge >= 0.3 is 5.97 Å². The highest BCUT2D eigenvalue weighted by atomic mass is 19.1. The van der Waals surface area contributed by atoms with Gasteiger partial charge in [0.25, 0.3) is 0 Å². The second kappa shape index (κ2) is 6.16. The van der Waals surface area contributed by atoms with Crippen LogP contribution < -0.4 is 5.32 Å². The monoisotopic (exact) mass is 340 g/mol. The van der Waals surface area contributed by atoms with E-state index >= 15 is 0 Å². The number of hydrogen-bond donors (Lipinski definition) is 1. The van der Waals surface area contributed by atoms with Crippen LogP contribution in [0.2, 0.25) is 0 Å². The van der Waals surface area contributed by atoms with Crippen LogP contribution in [0.4, 0.5) is 15.9 Å². The van der Waals surface area contributed by atoms with Gasteiger partial charge in [-0.1, -0.05) is 0 Å². The third-order valence-electron chi connectivity index (χ3n) is 4.32. The Morgan fingerprint density at radius 3 is 3.00 bits per heavy atom. The van der Waals surface area contributed by atoms with E-state index in [-0.39, 0.29) is 5.82 Å². The summed E-state index contributed by atoms with van der Waals surface area (Å²) in [5.74, 6) is 0.317. The Hall–Kier alpha value is -2.96. The quantitative estimate of drug-likeness (QED) is 0.720. The number of hydrogen-bond acceptors (Lipinski definition) is 5. The lowest BCUT2D eigenvalue weighted by Gasteiger charge is -2.08. The summed E-state index contributed by atoms with van der Waals surface area (Å²) in [4.78, 5) is 16.0. The molecule has 1 fully saturated rings. The van der Waals surface area contributed by atoms with Crippen LogP contribution in [0.1, 0.15) is 23.2 Å². The average molecular weight is 340 g/mol. The number of aromatic nitrogens is 3. The summed E-state index contributed by atoms with van der Waals surface area (Å²) in [5.41, 5.74) is 1.68. The second-order valence-corrected chi connectivity index (χ2v) is 6.17. The normalized spacial score (nSPS) is 13.8. The van der Waals surface area contributed by atoms with Gasteiger partial charge in [0.05, 0.1) is 30.1 Å². The number of halogens is 1. The first-order chi connectivity index (χ1) is 12.2. The molecule has 0 atom stereocenters. The van der Waals surface area contributed by atoms with E-state index in [1.807, 2.05) is 4.68 Å². The molecule has 1 aliphatic carbocycles. The van der Waals surface area contributed by atoms with Crippen LogP contribution in [0.25, 0.3) is 10.9 Å². The molecule has 3 aromatic rings. The van der Waals surface area contributed by atoms with Crippen molar-refractivity contribution in [2.24, 2.45) is 5.92 Å². The third-order valence-corrected chi connectivity index (χ3v) is 4.32. The number of carbonyl (C=O) groups is 1. The molecular formula is C18H17FN4O2. The standard InChI is InChI=1S/C18H17FN4O2/c1-25-18(24)13-6-7-20-9-15(13)21-17-14-8-12(19)4-5-16(14)23(22-17)10-11-2-3-11/h4-9,11H,2-3,10H2,1H3,(H,21,22). The van der Waals surface area contributed by atoms with Gasteiger partial charge in [-0.05, 0) is 43.0 Å². The first-order valence-electron chi connectivity index (χ1n) is 8.11. The summed E-state index contributed by atoms with van der Waals surface area (Å²) in [5, 5.41) is 8.37. The Labute approximate surface area is 143 Å². The van der Waals surface area contributed by atoms with Crippen LogP contribution >= 0.6 is 0 Å². The van der Waals surface area contributed by atoms with E-state index in [1.54, 1.807) is 12.1 Å². The average Bonchev–Trinajstić information content (AvgIpc) is 3.38. The fourth-order valence-electron chi connectivity index (χ4n) is 2.84. The van der Waals surface area contributed by atoms with E-state index < -0.39 is 5.97 Å². The van der Waals surface area contributed by atoms with Gasteiger partial charge in [-0.3, -0.25) is 9.67 Å². The van der Waals surface area contributed by atoms with Crippen LogP contribution in [0, 0.1) is 11.7 Å². The first kappa shape index (κ1) is 15.6. The molecule has 7 heteroatoms. The topological polar surface area (TPSA) is 69.0 Å². The van der Waals surface area contributed by atoms with Crippen LogP contribution in [-0.2, 0) is 11.3 Å². The Morgan fingerprint density at radius 2 is 2.24 bits per heavy atom. The van der Waals surface area contributed by atoms with Gasteiger partial charge in [0.1, 0.15) is 5.82 Å². The van der Waals surface area contributed by atoms with Crippen molar-refractivity contribution in [3.63, 3.8) is 0 Å². The zero-order valence-electron chi connectivity index (χ0n) is 13.7. The van der Waals surface area contributed by atoms with Crippen molar-refractivity contribution in [3.05, 3.63) is 48.0 Å². The van der Waals surface area contributed by atoms with E-state index in [4.69, 9.17) is 4.74 Å². The van der Waals surface area contributed by atoms with Crippen molar-refractivity contribution in [1.29, 1.82) is 0 Å². The number of esters is 1. The summed E-state index contributed by atoms with van der Waals surface area (Å²) in [6.45, 7) is 0.806. The number of nitrogens with one attached hydrogen (secondary N) is 1. The van der Waals surface area contributed by atoms with Crippen molar-refractivity contribution in [2.45, 2.75) is 19.4 Å². The molecule has 2 aromatic heterocycles. The number of methoxy groups -OCH3 is 1. The smallest absolute Gasteiger partial charge is 0.340 e. The number of pyridine rings is 1. The van der Waals surface area contributed by atoms with Crippen molar-refractivity contribution in [2.75, 3.05) is 12.4 Å². The maximum atomic E-state index is 13.8. The number of rotatable bonds is 5. The molecule has 2 heterocycles. The van der Waals surface area contributed by atoms with Crippen LogP contribution in [0.3, 0.4) is 0 Å². The number of carbonyl (C=O) groups excluding carboxylic acids is 1. The van der Waals surface area contributed by atoms with Crippen LogP contribution in [-0.4, -0.2) is 27.8 Å². The minimum Gasteiger partial charge on any atom is -0.465 e. The highest BCUT2D eigenvalue weighted by Crippen LogP contribution is 2.34. The van der Waals surface area contributed by atoms with Gasteiger partial charge < -0.3 is 10.1 Å². The van der Waals surface area contributed by atoms with Gasteiger partial charge in [0.2, 0.25) is 0 Å². The van der Waals surface area contributed by atoms with Crippen molar-refractivity contribution in [3.8, 4) is 0 Å². The van der Waals surface area contributed by atoms with E-state index in [0.29, 0.717) is 28.4 Å². The fourth-order valence-corrected chi connectivity index (χ4v) is 2.84. The predicted octanol–water partition coefficient (Wildman–Crippen LogP) is 3.51. The van der Waals surface area contributed by atoms with Gasteiger partial charge in [0, 0.05) is 18.1 Å². The van der Waals surface area contributed by atoms with Crippen LogP contribution in [0.5, 0.6) is 0 Å². The fraction of sp³-hybridized carbons (Fsp3) is 0.278. The maximum absolute atomic E-state index is 13.8. The molecule has 128 valence electrons. The first-order valence-corrected chi connectivity index (χ1v) is 8.11. The molecule has 0 unspecified atom stereocenters. The molecule has 25 heavy (non-hydrogen) atoms. The summed E-state index contributed by atoms with van der Waals surface area (Å²) in [6, 6.07) is 6.18. The lowest BCUT2D eigenvalue weighted by atomic mass is 10.2. The van der Waals surface area contributed by atoms with E-state index in [2.05, 4.69) is 15.4 Å². The van der Waals surface area contributed by atoms with E-state index in [0.717, 1.165) is 12.1 Å². The highest BCUT2D eigenvalue weighted by Gasteiger charge is 2.24. The molecule has 0 saturated heterocycles. The molecule has 4 rings (SSSR count). The van der Waals surface area contributed by atoms with Gasteiger partial charge in [-0.15, -0.1) is 0 Å². The minimum absolute atomic E-state index is 0.332.